The van der Waals surface area contributed by atoms with E-state index < -0.39 is 5.51 Å². The van der Waals surface area contributed by atoms with Crippen molar-refractivity contribution in [3.8, 4) is 11.3 Å². The van der Waals surface area contributed by atoms with Crippen LogP contribution in [0.1, 0.15) is 0 Å². The maximum atomic E-state index is 12.4. The second-order valence-electron chi connectivity index (χ2n) is 3.26. The molecule has 2 rings (SSSR count). The van der Waals surface area contributed by atoms with Crippen LogP contribution in [0, 0.1) is 0 Å². The van der Waals surface area contributed by atoms with Crippen LogP contribution in [0.2, 0.25) is 0 Å². The van der Waals surface area contributed by atoms with E-state index in [1.807, 2.05) is 0 Å². The molecule has 17 heavy (non-hydrogen) atoms. The molecule has 0 aliphatic rings. The Morgan fingerprint density at radius 1 is 0.941 bits per heavy atom. The minimum Gasteiger partial charge on any atom is -0.256 e. The Morgan fingerprint density at radius 3 is 2.29 bits per heavy atom. The molecule has 1 heterocycles. The first-order chi connectivity index (χ1) is 8.06. The number of benzene rings is 1. The molecule has 2 aromatic rings. The van der Waals surface area contributed by atoms with Gasteiger partial charge in [-0.1, -0.05) is 24.3 Å². The number of hydrogen-bond acceptors (Lipinski definition) is 2. The molecule has 0 unspecified atom stereocenters. The largest absolute Gasteiger partial charge is 0.446 e. The molecule has 0 atom stereocenters. The molecule has 0 radical (unpaired) electrons. The zero-order valence-corrected chi connectivity index (χ0v) is 9.42. The van der Waals surface area contributed by atoms with Crippen LogP contribution < -0.4 is 0 Å². The molecule has 0 amide bonds. The summed E-state index contributed by atoms with van der Waals surface area (Å²) in [7, 11) is 0. The highest BCUT2D eigenvalue weighted by Gasteiger charge is 2.30. The van der Waals surface area contributed by atoms with Crippen LogP contribution in [-0.4, -0.2) is 10.5 Å². The summed E-state index contributed by atoms with van der Waals surface area (Å²) in [5.74, 6) is 0. The molecule has 0 saturated carbocycles. The summed E-state index contributed by atoms with van der Waals surface area (Å²) in [6.07, 6.45) is 1.56. The van der Waals surface area contributed by atoms with E-state index in [0.29, 0.717) is 11.3 Å². The molecular formula is C12H8F3NS. The Bertz CT molecular complexity index is 497. The van der Waals surface area contributed by atoms with Crippen LogP contribution in [0.4, 0.5) is 13.2 Å². The second kappa shape index (κ2) is 4.79. The lowest BCUT2D eigenvalue weighted by Gasteiger charge is -2.10. The smallest absolute Gasteiger partial charge is 0.256 e. The molecule has 0 bridgehead atoms. The van der Waals surface area contributed by atoms with Crippen molar-refractivity contribution in [3.05, 3.63) is 48.7 Å². The van der Waals surface area contributed by atoms with Crippen LogP contribution in [0.5, 0.6) is 0 Å². The van der Waals surface area contributed by atoms with Gasteiger partial charge in [0.25, 0.3) is 0 Å². The fourth-order valence-electron chi connectivity index (χ4n) is 1.41. The molecule has 1 aromatic carbocycles. The Morgan fingerprint density at radius 2 is 1.65 bits per heavy atom. The number of halogens is 3. The van der Waals surface area contributed by atoms with E-state index in [1.165, 1.54) is 6.07 Å². The number of aromatic nitrogens is 1. The van der Waals surface area contributed by atoms with E-state index in [-0.39, 0.29) is 16.7 Å². The minimum atomic E-state index is -4.29. The summed E-state index contributed by atoms with van der Waals surface area (Å²) >= 11 is -0.118. The number of hydrogen-bond donors (Lipinski definition) is 0. The molecule has 0 N–H and O–H groups in total. The zero-order chi connectivity index (χ0) is 12.3. The van der Waals surface area contributed by atoms with Gasteiger partial charge in [-0.3, -0.25) is 4.98 Å². The highest BCUT2D eigenvalue weighted by molar-refractivity contribution is 8.00. The lowest BCUT2D eigenvalue weighted by molar-refractivity contribution is -0.0327. The summed E-state index contributed by atoms with van der Waals surface area (Å²) in [5.41, 5.74) is -3.25. The average molecular weight is 255 g/mol. The fraction of sp³-hybridized carbons (Fsp3) is 0.0833. The molecular weight excluding hydrogens is 247 g/mol. The van der Waals surface area contributed by atoms with Gasteiger partial charge in [-0.2, -0.15) is 13.2 Å². The molecule has 88 valence electrons. The van der Waals surface area contributed by atoms with Crippen molar-refractivity contribution < 1.29 is 13.2 Å². The van der Waals surface area contributed by atoms with Gasteiger partial charge in [-0.15, -0.1) is 0 Å². The van der Waals surface area contributed by atoms with Crippen LogP contribution in [0.3, 0.4) is 0 Å². The summed E-state index contributed by atoms with van der Waals surface area (Å²) in [6.45, 7) is 0. The van der Waals surface area contributed by atoms with Crippen molar-refractivity contribution in [1.82, 2.24) is 4.98 Å². The number of rotatable bonds is 2. The first kappa shape index (κ1) is 12.0. The first-order valence-electron chi connectivity index (χ1n) is 4.82. The predicted molar refractivity (Wildman–Crippen MR) is 61.6 cm³/mol. The molecule has 1 aromatic heterocycles. The first-order valence-corrected chi connectivity index (χ1v) is 5.64. The summed E-state index contributed by atoms with van der Waals surface area (Å²) in [4.78, 5) is 4.22. The topological polar surface area (TPSA) is 12.9 Å². The van der Waals surface area contributed by atoms with Crippen molar-refractivity contribution in [3.63, 3.8) is 0 Å². The maximum absolute atomic E-state index is 12.4. The van der Waals surface area contributed by atoms with Gasteiger partial charge in [0.15, 0.2) is 0 Å². The molecule has 0 aliphatic heterocycles. The Hall–Kier alpha value is -1.49. The van der Waals surface area contributed by atoms with Crippen molar-refractivity contribution in [2.24, 2.45) is 0 Å². The SMILES string of the molecule is FC(F)(F)Sc1ccccc1-c1ccccn1. The maximum Gasteiger partial charge on any atom is 0.446 e. The van der Waals surface area contributed by atoms with Gasteiger partial charge in [0.05, 0.1) is 5.69 Å². The van der Waals surface area contributed by atoms with Crippen LogP contribution in [-0.2, 0) is 0 Å². The van der Waals surface area contributed by atoms with E-state index >= 15 is 0 Å². The average Bonchev–Trinajstić information content (AvgIpc) is 2.29. The third-order valence-corrected chi connectivity index (χ3v) is 2.86. The van der Waals surface area contributed by atoms with Gasteiger partial charge in [-0.25, -0.2) is 0 Å². The second-order valence-corrected chi connectivity index (χ2v) is 4.37. The van der Waals surface area contributed by atoms with Crippen molar-refractivity contribution in [1.29, 1.82) is 0 Å². The molecule has 0 aliphatic carbocycles. The van der Waals surface area contributed by atoms with Crippen LogP contribution in [0.15, 0.2) is 53.6 Å². The molecule has 0 fully saturated rings. The van der Waals surface area contributed by atoms with Gasteiger partial charge < -0.3 is 0 Å². The molecule has 5 heteroatoms. The summed E-state index contributed by atoms with van der Waals surface area (Å²) in [5, 5.41) is 0. The predicted octanol–water partition coefficient (Wildman–Crippen LogP) is 4.36. The van der Waals surface area contributed by atoms with E-state index in [1.54, 1.807) is 42.6 Å². The molecule has 1 nitrogen and oxygen atoms in total. The standard InChI is InChI=1S/C12H8F3NS/c13-12(14,15)17-11-7-2-1-5-9(11)10-6-3-4-8-16-10/h1-8H. The number of thioether (sulfide) groups is 1. The Kier molecular flexibility index (Phi) is 3.38. The van der Waals surface area contributed by atoms with E-state index in [2.05, 4.69) is 4.98 Å². The lowest BCUT2D eigenvalue weighted by Crippen LogP contribution is -2.00. The van der Waals surface area contributed by atoms with Gasteiger partial charge in [0, 0.05) is 16.7 Å². The normalized spacial score (nSPS) is 11.5. The third kappa shape index (κ3) is 3.23. The summed E-state index contributed by atoms with van der Waals surface area (Å²) in [6, 6.07) is 11.5. The molecule has 0 saturated heterocycles. The number of nitrogens with zero attached hydrogens (tertiary/aromatic N) is 1. The van der Waals surface area contributed by atoms with Gasteiger partial charge in [0.2, 0.25) is 0 Å². The Balaban J connectivity index is 2.41. The molecule has 0 spiro atoms. The monoisotopic (exact) mass is 255 g/mol. The zero-order valence-electron chi connectivity index (χ0n) is 8.61. The highest BCUT2D eigenvalue weighted by atomic mass is 32.2. The van der Waals surface area contributed by atoms with E-state index in [4.69, 9.17) is 0 Å². The number of alkyl halides is 3. The lowest BCUT2D eigenvalue weighted by atomic mass is 10.1. The van der Waals surface area contributed by atoms with Crippen molar-refractivity contribution in [2.45, 2.75) is 10.4 Å². The van der Waals surface area contributed by atoms with Gasteiger partial charge >= 0.3 is 5.51 Å². The van der Waals surface area contributed by atoms with Crippen molar-refractivity contribution in [2.75, 3.05) is 0 Å². The minimum absolute atomic E-state index is 0.118. The van der Waals surface area contributed by atoms with Crippen LogP contribution >= 0.6 is 11.8 Å². The van der Waals surface area contributed by atoms with E-state index in [9.17, 15) is 13.2 Å². The van der Waals surface area contributed by atoms with Crippen LogP contribution in [0.25, 0.3) is 11.3 Å². The van der Waals surface area contributed by atoms with Crippen molar-refractivity contribution >= 4 is 11.8 Å². The quantitative estimate of drug-likeness (QED) is 0.739. The third-order valence-electron chi connectivity index (χ3n) is 2.05. The highest BCUT2D eigenvalue weighted by Crippen LogP contribution is 2.41. The number of pyridine rings is 1. The van der Waals surface area contributed by atoms with E-state index in [0.717, 1.165) is 0 Å². The Labute approximate surface area is 101 Å². The fourth-order valence-corrected chi connectivity index (χ4v) is 2.09. The van der Waals surface area contributed by atoms with Gasteiger partial charge in [0.1, 0.15) is 0 Å². The van der Waals surface area contributed by atoms with Gasteiger partial charge in [-0.05, 0) is 30.0 Å². The summed E-state index contributed by atoms with van der Waals surface area (Å²) < 4.78 is 37.1.